The number of allylic oxidation sites excluding steroid dienone is 2. The highest BCUT2D eigenvalue weighted by Crippen LogP contribution is 2.20. The van der Waals surface area contributed by atoms with Crippen LogP contribution in [0.2, 0.25) is 0 Å². The van der Waals surface area contributed by atoms with E-state index in [1.165, 1.54) is 6.20 Å². The number of carbonyl (C=O) groups excluding carboxylic acids is 1. The average molecular weight is 425 g/mol. The van der Waals surface area contributed by atoms with Crippen LogP contribution in [-0.4, -0.2) is 15.3 Å². The fourth-order valence-electron chi connectivity index (χ4n) is 3.23. The molecule has 4 aromatic rings. The number of nitrogen functional groups attached to an aromatic ring is 1. The van der Waals surface area contributed by atoms with Crippen molar-refractivity contribution < 1.29 is 4.79 Å². The van der Waals surface area contributed by atoms with Gasteiger partial charge in [0.1, 0.15) is 11.5 Å². The molecule has 0 aliphatic heterocycles. The number of hydrogen-bond acceptors (Lipinski definition) is 6. The van der Waals surface area contributed by atoms with Crippen molar-refractivity contribution in [2.45, 2.75) is 0 Å². The fourth-order valence-corrected chi connectivity index (χ4v) is 3.23. The molecule has 0 bridgehead atoms. The molecule has 0 aliphatic carbocycles. The van der Waals surface area contributed by atoms with Gasteiger partial charge < -0.3 is 27.8 Å². The summed E-state index contributed by atoms with van der Waals surface area (Å²) in [6, 6.07) is 19.8. The first-order valence-corrected chi connectivity index (χ1v) is 9.89. The van der Waals surface area contributed by atoms with Gasteiger partial charge in [-0.3, -0.25) is 9.20 Å². The number of anilines is 3. The zero-order valence-corrected chi connectivity index (χ0v) is 17.2. The van der Waals surface area contributed by atoms with E-state index in [4.69, 9.17) is 17.2 Å². The van der Waals surface area contributed by atoms with Gasteiger partial charge in [-0.15, -0.1) is 0 Å². The Balaban J connectivity index is 1.46. The molecule has 0 spiro atoms. The van der Waals surface area contributed by atoms with Gasteiger partial charge in [-0.1, -0.05) is 18.2 Å². The lowest BCUT2D eigenvalue weighted by atomic mass is 10.1. The number of nitrogens with two attached hydrogens (primary N) is 3. The van der Waals surface area contributed by atoms with Crippen molar-refractivity contribution in [3.8, 4) is 0 Å². The second-order valence-electron chi connectivity index (χ2n) is 7.04. The minimum Gasteiger partial charge on any atom is -0.404 e. The number of hydrogen-bond donors (Lipinski definition) is 5. The summed E-state index contributed by atoms with van der Waals surface area (Å²) in [6.07, 6.45) is 6.86. The zero-order valence-electron chi connectivity index (χ0n) is 17.2. The number of imidazole rings is 1. The summed E-state index contributed by atoms with van der Waals surface area (Å²) in [4.78, 5) is 16.8. The van der Waals surface area contributed by atoms with E-state index in [0.29, 0.717) is 28.3 Å². The minimum atomic E-state index is -0.251. The number of aromatic nitrogens is 2. The summed E-state index contributed by atoms with van der Waals surface area (Å²) in [7, 11) is 0. The van der Waals surface area contributed by atoms with E-state index >= 15 is 0 Å². The highest BCUT2D eigenvalue weighted by molar-refractivity contribution is 6.05. The molecule has 2 heterocycles. The topological polar surface area (TPSA) is 136 Å². The highest BCUT2D eigenvalue weighted by atomic mass is 16.1. The van der Waals surface area contributed by atoms with Crippen molar-refractivity contribution in [3.63, 3.8) is 0 Å². The molecule has 0 saturated heterocycles. The minimum absolute atomic E-state index is 0.251. The number of fused-ring (bicyclic) bond motifs is 1. The summed E-state index contributed by atoms with van der Waals surface area (Å²) in [6.45, 7) is 0. The van der Waals surface area contributed by atoms with E-state index in [2.05, 4.69) is 15.6 Å². The van der Waals surface area contributed by atoms with Crippen molar-refractivity contribution in [1.29, 1.82) is 0 Å². The monoisotopic (exact) mass is 425 g/mol. The zero-order chi connectivity index (χ0) is 22.5. The Morgan fingerprint density at radius 1 is 0.969 bits per heavy atom. The van der Waals surface area contributed by atoms with E-state index < -0.39 is 0 Å². The highest BCUT2D eigenvalue weighted by Gasteiger charge is 2.09. The smallest absolute Gasteiger partial charge is 0.255 e. The van der Waals surface area contributed by atoms with Gasteiger partial charge >= 0.3 is 0 Å². The summed E-state index contributed by atoms with van der Waals surface area (Å²) in [5.74, 6) is 0.140. The third kappa shape index (κ3) is 4.39. The van der Waals surface area contributed by atoms with Crippen LogP contribution in [0.25, 0.3) is 11.2 Å². The predicted molar refractivity (Wildman–Crippen MR) is 128 cm³/mol. The number of amides is 1. The van der Waals surface area contributed by atoms with Crippen LogP contribution in [-0.2, 0) is 0 Å². The molecular formula is C24H23N7O. The molecule has 160 valence electrons. The molecule has 2 aromatic heterocycles. The average Bonchev–Trinajstić information content (AvgIpc) is 3.23. The Hall–Kier alpha value is -4.72. The Morgan fingerprint density at radius 2 is 1.72 bits per heavy atom. The van der Waals surface area contributed by atoms with E-state index in [1.807, 2.05) is 40.9 Å². The number of para-hydroxylation sites is 2. The molecular weight excluding hydrogens is 402 g/mol. The van der Waals surface area contributed by atoms with Gasteiger partial charge in [-0.2, -0.15) is 0 Å². The van der Waals surface area contributed by atoms with Crippen LogP contribution in [0.15, 0.2) is 97.2 Å². The second kappa shape index (κ2) is 8.97. The summed E-state index contributed by atoms with van der Waals surface area (Å²) in [5, 5.41) is 5.90. The van der Waals surface area contributed by atoms with E-state index in [-0.39, 0.29) is 5.91 Å². The van der Waals surface area contributed by atoms with Crippen LogP contribution in [0.1, 0.15) is 16.1 Å². The van der Waals surface area contributed by atoms with Gasteiger partial charge in [0.2, 0.25) is 0 Å². The first-order chi connectivity index (χ1) is 15.5. The number of carbonyl (C=O) groups is 1. The van der Waals surface area contributed by atoms with E-state index in [9.17, 15) is 4.79 Å². The van der Waals surface area contributed by atoms with Crippen molar-refractivity contribution in [2.75, 3.05) is 16.4 Å². The van der Waals surface area contributed by atoms with Crippen molar-refractivity contribution in [3.05, 3.63) is 108 Å². The standard InChI is InChI=1S/C24H23N7O/c25-14-17(21-15-28-23-7-3-4-12-31(21)23)13-22(27)29-18-10-8-16(9-11-18)24(32)30-20-6-2-1-5-19(20)26/h1-15,29H,25-27H2,(H,30,32)/b17-14+,22-13+. The van der Waals surface area contributed by atoms with Crippen molar-refractivity contribution in [2.24, 2.45) is 11.5 Å². The second-order valence-corrected chi connectivity index (χ2v) is 7.04. The molecule has 2 aromatic carbocycles. The molecule has 32 heavy (non-hydrogen) atoms. The Labute approximate surface area is 185 Å². The predicted octanol–water partition coefficient (Wildman–Crippen LogP) is 3.38. The van der Waals surface area contributed by atoms with E-state index in [1.54, 1.807) is 48.7 Å². The summed E-state index contributed by atoms with van der Waals surface area (Å²) < 4.78 is 1.93. The molecule has 0 radical (unpaired) electrons. The van der Waals surface area contributed by atoms with Crippen LogP contribution in [0, 0.1) is 0 Å². The van der Waals surface area contributed by atoms with Crippen LogP contribution < -0.4 is 27.8 Å². The SMILES string of the molecule is N/C=C(\C=C(/N)Nc1ccc(C(=O)Nc2ccccc2N)cc1)c1cnc2ccccn12. The Morgan fingerprint density at radius 3 is 2.47 bits per heavy atom. The maximum absolute atomic E-state index is 12.5. The maximum Gasteiger partial charge on any atom is 0.255 e. The quantitative estimate of drug-likeness (QED) is 0.237. The number of rotatable bonds is 6. The van der Waals surface area contributed by atoms with Crippen molar-refractivity contribution in [1.82, 2.24) is 9.38 Å². The number of nitrogens with one attached hydrogen (secondary N) is 2. The maximum atomic E-state index is 12.5. The van der Waals surface area contributed by atoms with Crippen LogP contribution >= 0.6 is 0 Å². The molecule has 8 nitrogen and oxygen atoms in total. The van der Waals surface area contributed by atoms with Crippen LogP contribution in [0.5, 0.6) is 0 Å². The molecule has 8 heteroatoms. The molecule has 0 saturated carbocycles. The lowest BCUT2D eigenvalue weighted by Gasteiger charge is -2.10. The normalized spacial score (nSPS) is 12.0. The van der Waals surface area contributed by atoms with Gasteiger partial charge in [0.05, 0.1) is 23.3 Å². The van der Waals surface area contributed by atoms with Crippen LogP contribution in [0.3, 0.4) is 0 Å². The molecule has 0 aliphatic rings. The van der Waals surface area contributed by atoms with Gasteiger partial charge in [0.25, 0.3) is 5.91 Å². The van der Waals surface area contributed by atoms with Crippen LogP contribution in [0.4, 0.5) is 17.1 Å². The van der Waals surface area contributed by atoms with Gasteiger partial charge in [-0.25, -0.2) is 4.98 Å². The summed E-state index contributed by atoms with van der Waals surface area (Å²) in [5.41, 5.74) is 22.5. The number of nitrogens with zero attached hydrogens (tertiary/aromatic N) is 2. The first-order valence-electron chi connectivity index (χ1n) is 9.89. The number of benzene rings is 2. The fraction of sp³-hybridized carbons (Fsp3) is 0. The first kappa shape index (κ1) is 20.5. The summed E-state index contributed by atoms with van der Waals surface area (Å²) >= 11 is 0. The van der Waals surface area contributed by atoms with Gasteiger partial charge in [0.15, 0.2) is 0 Å². The Bertz CT molecular complexity index is 1320. The lowest BCUT2D eigenvalue weighted by Crippen LogP contribution is -2.13. The third-order valence-corrected chi connectivity index (χ3v) is 4.85. The Kier molecular flexibility index (Phi) is 5.76. The molecule has 0 atom stereocenters. The molecule has 0 fully saturated rings. The van der Waals surface area contributed by atoms with Gasteiger partial charge in [-0.05, 0) is 54.6 Å². The molecule has 0 unspecified atom stereocenters. The van der Waals surface area contributed by atoms with Gasteiger partial charge in [0, 0.05) is 29.2 Å². The molecule has 1 amide bonds. The van der Waals surface area contributed by atoms with Crippen molar-refractivity contribution >= 4 is 34.2 Å². The van der Waals surface area contributed by atoms with E-state index in [0.717, 1.165) is 17.0 Å². The molecule has 8 N–H and O–H groups in total. The number of pyridine rings is 1. The third-order valence-electron chi connectivity index (χ3n) is 4.85. The lowest BCUT2D eigenvalue weighted by molar-refractivity contribution is 0.102. The largest absolute Gasteiger partial charge is 0.404 e. The molecule has 4 rings (SSSR count).